The number of halogens is 1. The molecule has 2 aromatic rings. The molecule has 0 bridgehead atoms. The van der Waals surface area contributed by atoms with Crippen LogP contribution in [0.2, 0.25) is 0 Å². The summed E-state index contributed by atoms with van der Waals surface area (Å²) in [5.74, 6) is -0.415. The molecule has 0 aromatic heterocycles. The molecule has 0 aliphatic carbocycles. The van der Waals surface area contributed by atoms with Crippen molar-refractivity contribution in [3.63, 3.8) is 0 Å². The minimum atomic E-state index is -0.294. The summed E-state index contributed by atoms with van der Waals surface area (Å²) >= 11 is 0. The number of benzene rings is 2. The molecule has 0 unspecified atom stereocenters. The minimum Gasteiger partial charge on any atom is -0.352 e. The highest BCUT2D eigenvalue weighted by atomic mass is 19.1. The molecule has 0 saturated carbocycles. The first-order valence-corrected chi connectivity index (χ1v) is 9.78. The molecule has 0 atom stereocenters. The van der Waals surface area contributed by atoms with Crippen molar-refractivity contribution in [1.82, 2.24) is 15.1 Å². The lowest BCUT2D eigenvalue weighted by atomic mass is 10.1. The third-order valence-corrected chi connectivity index (χ3v) is 4.89. The van der Waals surface area contributed by atoms with E-state index < -0.39 is 0 Å². The summed E-state index contributed by atoms with van der Waals surface area (Å²) in [6.07, 6.45) is 1.96. The van der Waals surface area contributed by atoms with Crippen LogP contribution in [-0.2, 0) is 13.1 Å². The quantitative estimate of drug-likeness (QED) is 0.702. The van der Waals surface area contributed by atoms with Crippen molar-refractivity contribution in [2.75, 3.05) is 32.5 Å². The molecule has 29 heavy (non-hydrogen) atoms. The fourth-order valence-corrected chi connectivity index (χ4v) is 3.27. The van der Waals surface area contributed by atoms with Crippen molar-refractivity contribution in [3.05, 3.63) is 65.0 Å². The molecular formula is C22H27FN4O2. The summed E-state index contributed by atoms with van der Waals surface area (Å²) < 4.78 is 13.3. The molecule has 154 valence electrons. The SMILES string of the molecule is CN(C)CCCCNC(=O)c1ccc(NC(=O)N2Cc3ccc(F)cc3C2)cc1. The number of amides is 3. The maximum atomic E-state index is 13.3. The topological polar surface area (TPSA) is 64.7 Å². The Morgan fingerprint density at radius 1 is 1.03 bits per heavy atom. The Balaban J connectivity index is 1.47. The standard InChI is InChI=1S/C22H27FN4O2/c1-26(2)12-4-3-11-24-21(28)16-6-9-20(10-7-16)25-22(29)27-14-17-5-8-19(23)13-18(17)15-27/h5-10,13H,3-4,11-12,14-15H2,1-2H3,(H,24,28)(H,25,29). The number of hydrogen-bond acceptors (Lipinski definition) is 3. The Labute approximate surface area is 170 Å². The number of nitrogens with one attached hydrogen (secondary N) is 2. The molecule has 0 radical (unpaired) electrons. The van der Waals surface area contributed by atoms with Crippen LogP contribution in [0.4, 0.5) is 14.9 Å². The fraction of sp³-hybridized carbons (Fsp3) is 0.364. The first-order chi connectivity index (χ1) is 13.9. The Morgan fingerprint density at radius 3 is 2.48 bits per heavy atom. The van der Waals surface area contributed by atoms with Crippen LogP contribution in [0.3, 0.4) is 0 Å². The van der Waals surface area contributed by atoms with Gasteiger partial charge in [-0.3, -0.25) is 4.79 Å². The molecule has 7 heteroatoms. The van der Waals surface area contributed by atoms with E-state index in [4.69, 9.17) is 0 Å². The third-order valence-electron chi connectivity index (χ3n) is 4.89. The molecule has 1 aliphatic rings. The summed E-state index contributed by atoms with van der Waals surface area (Å²) in [7, 11) is 4.06. The number of nitrogens with zero attached hydrogens (tertiary/aromatic N) is 2. The molecule has 2 aromatic carbocycles. The largest absolute Gasteiger partial charge is 0.352 e. The average molecular weight is 398 g/mol. The van der Waals surface area contributed by atoms with Gasteiger partial charge in [0.25, 0.3) is 5.91 Å². The van der Waals surface area contributed by atoms with Gasteiger partial charge in [0.05, 0.1) is 0 Å². The molecular weight excluding hydrogens is 371 g/mol. The first kappa shape index (κ1) is 20.8. The molecule has 3 amide bonds. The van der Waals surface area contributed by atoms with Gasteiger partial charge in [-0.05, 0) is 81.0 Å². The van der Waals surface area contributed by atoms with E-state index in [0.29, 0.717) is 30.9 Å². The number of fused-ring (bicyclic) bond motifs is 1. The van der Waals surface area contributed by atoms with Gasteiger partial charge >= 0.3 is 6.03 Å². The van der Waals surface area contributed by atoms with Crippen molar-refractivity contribution < 1.29 is 14.0 Å². The van der Waals surface area contributed by atoms with Crippen LogP contribution in [-0.4, -0.2) is 48.9 Å². The Bertz CT molecular complexity index is 868. The molecule has 1 aliphatic heterocycles. The highest BCUT2D eigenvalue weighted by Crippen LogP contribution is 2.24. The van der Waals surface area contributed by atoms with E-state index in [2.05, 4.69) is 15.5 Å². The Morgan fingerprint density at radius 2 is 1.76 bits per heavy atom. The van der Waals surface area contributed by atoms with Gasteiger partial charge < -0.3 is 20.4 Å². The number of hydrogen-bond donors (Lipinski definition) is 2. The molecule has 1 heterocycles. The van der Waals surface area contributed by atoms with E-state index in [1.54, 1.807) is 35.2 Å². The summed E-state index contributed by atoms with van der Waals surface area (Å²) in [5, 5.41) is 5.74. The lowest BCUT2D eigenvalue weighted by Crippen LogP contribution is -2.30. The minimum absolute atomic E-state index is 0.121. The molecule has 0 spiro atoms. The molecule has 2 N–H and O–H groups in total. The first-order valence-electron chi connectivity index (χ1n) is 9.78. The lowest BCUT2D eigenvalue weighted by molar-refractivity contribution is 0.0953. The van der Waals surface area contributed by atoms with Crippen LogP contribution in [0.5, 0.6) is 0 Å². The zero-order valence-corrected chi connectivity index (χ0v) is 16.9. The van der Waals surface area contributed by atoms with Gasteiger partial charge in [-0.2, -0.15) is 0 Å². The second-order valence-electron chi connectivity index (χ2n) is 7.54. The van der Waals surface area contributed by atoms with Crippen molar-refractivity contribution in [2.24, 2.45) is 0 Å². The van der Waals surface area contributed by atoms with Crippen LogP contribution in [0.1, 0.15) is 34.3 Å². The molecule has 3 rings (SSSR count). The molecule has 0 fully saturated rings. The van der Waals surface area contributed by atoms with Crippen LogP contribution < -0.4 is 10.6 Å². The van der Waals surface area contributed by atoms with E-state index in [0.717, 1.165) is 30.5 Å². The maximum Gasteiger partial charge on any atom is 0.322 e. The zero-order chi connectivity index (χ0) is 20.8. The van der Waals surface area contributed by atoms with Gasteiger partial charge in [0, 0.05) is 30.9 Å². The van der Waals surface area contributed by atoms with E-state index >= 15 is 0 Å². The highest BCUT2D eigenvalue weighted by molar-refractivity contribution is 5.95. The number of unbranched alkanes of at least 4 members (excludes halogenated alkanes) is 1. The zero-order valence-electron chi connectivity index (χ0n) is 16.9. The lowest BCUT2D eigenvalue weighted by Gasteiger charge is -2.16. The van der Waals surface area contributed by atoms with E-state index in [9.17, 15) is 14.0 Å². The van der Waals surface area contributed by atoms with Crippen molar-refractivity contribution in [3.8, 4) is 0 Å². The highest BCUT2D eigenvalue weighted by Gasteiger charge is 2.23. The number of carbonyl (C=O) groups excluding carboxylic acids is 2. The van der Waals surface area contributed by atoms with Gasteiger partial charge in [0.15, 0.2) is 0 Å². The molecule has 6 nitrogen and oxygen atoms in total. The van der Waals surface area contributed by atoms with Crippen molar-refractivity contribution in [2.45, 2.75) is 25.9 Å². The number of carbonyl (C=O) groups is 2. The van der Waals surface area contributed by atoms with Crippen molar-refractivity contribution >= 4 is 17.6 Å². The van der Waals surface area contributed by atoms with Gasteiger partial charge in [-0.1, -0.05) is 6.07 Å². The fourth-order valence-electron chi connectivity index (χ4n) is 3.27. The second kappa shape index (κ2) is 9.52. The molecule has 0 saturated heterocycles. The number of anilines is 1. The van der Waals surface area contributed by atoms with Gasteiger partial charge in [-0.15, -0.1) is 0 Å². The predicted octanol–water partition coefficient (Wildman–Crippen LogP) is 3.45. The Kier molecular flexibility index (Phi) is 6.82. The Hall–Kier alpha value is -2.93. The smallest absolute Gasteiger partial charge is 0.322 e. The summed E-state index contributed by atoms with van der Waals surface area (Å²) in [5.41, 5.74) is 2.95. The summed E-state index contributed by atoms with van der Waals surface area (Å²) in [4.78, 5) is 28.4. The normalized spacial score (nSPS) is 12.8. The van der Waals surface area contributed by atoms with Crippen LogP contribution in [0.25, 0.3) is 0 Å². The van der Waals surface area contributed by atoms with Gasteiger partial charge in [0.1, 0.15) is 5.82 Å². The number of urea groups is 1. The predicted molar refractivity (Wildman–Crippen MR) is 111 cm³/mol. The van der Waals surface area contributed by atoms with Crippen LogP contribution in [0.15, 0.2) is 42.5 Å². The van der Waals surface area contributed by atoms with E-state index in [-0.39, 0.29) is 17.8 Å². The third kappa shape index (κ3) is 5.77. The monoisotopic (exact) mass is 398 g/mol. The average Bonchev–Trinajstić information content (AvgIpc) is 3.11. The van der Waals surface area contributed by atoms with E-state index in [1.807, 2.05) is 14.1 Å². The van der Waals surface area contributed by atoms with E-state index in [1.165, 1.54) is 12.1 Å². The number of rotatable bonds is 7. The second-order valence-corrected chi connectivity index (χ2v) is 7.54. The van der Waals surface area contributed by atoms with Crippen LogP contribution >= 0.6 is 0 Å². The van der Waals surface area contributed by atoms with Gasteiger partial charge in [0.2, 0.25) is 0 Å². The van der Waals surface area contributed by atoms with Gasteiger partial charge in [-0.25, -0.2) is 9.18 Å². The van der Waals surface area contributed by atoms with Crippen LogP contribution in [0, 0.1) is 5.82 Å². The van der Waals surface area contributed by atoms with Crippen molar-refractivity contribution in [1.29, 1.82) is 0 Å². The summed E-state index contributed by atoms with van der Waals surface area (Å²) in [6, 6.07) is 11.1. The maximum absolute atomic E-state index is 13.3. The summed E-state index contributed by atoms with van der Waals surface area (Å²) in [6.45, 7) is 2.48.